The highest BCUT2D eigenvalue weighted by atomic mass is 127. The summed E-state index contributed by atoms with van der Waals surface area (Å²) in [7, 11) is 0. The number of nitrogen functional groups attached to an aromatic ring is 1. The molecule has 0 unspecified atom stereocenters. The highest BCUT2D eigenvalue weighted by Gasteiger charge is 2.26. The highest BCUT2D eigenvalue weighted by molar-refractivity contribution is 14.1. The Labute approximate surface area is 123 Å². The fourth-order valence-electron chi connectivity index (χ4n) is 2.40. The molecule has 1 heterocycles. The van der Waals surface area contributed by atoms with Crippen molar-refractivity contribution in [2.24, 2.45) is 0 Å². The Bertz CT molecular complexity index is 418. The van der Waals surface area contributed by atoms with E-state index in [1.807, 2.05) is 12.1 Å². The third-order valence-corrected chi connectivity index (χ3v) is 4.40. The van der Waals surface area contributed by atoms with E-state index in [1.165, 1.54) is 9.26 Å². The minimum atomic E-state index is 0.278. The average molecular weight is 359 g/mol. The SMILES string of the molecule is CC(C)(C)N1CCN(c2ccc(N)cc2I)CC1. The quantitative estimate of drug-likeness (QED) is 0.618. The van der Waals surface area contributed by atoms with Gasteiger partial charge < -0.3 is 10.6 Å². The molecule has 0 amide bonds. The Morgan fingerprint density at radius 3 is 2.22 bits per heavy atom. The average Bonchev–Trinajstić information content (AvgIpc) is 2.28. The van der Waals surface area contributed by atoms with Gasteiger partial charge in [0.15, 0.2) is 0 Å². The first-order chi connectivity index (χ1) is 8.38. The highest BCUT2D eigenvalue weighted by Crippen LogP contribution is 2.27. The Hall–Kier alpha value is -0.490. The molecular formula is C14H22IN3. The Morgan fingerprint density at radius 1 is 1.11 bits per heavy atom. The van der Waals surface area contributed by atoms with E-state index in [-0.39, 0.29) is 5.54 Å². The maximum absolute atomic E-state index is 5.80. The normalized spacial score (nSPS) is 18.1. The first-order valence-corrected chi connectivity index (χ1v) is 7.51. The fourth-order valence-corrected chi connectivity index (χ4v) is 3.28. The minimum absolute atomic E-state index is 0.278. The molecule has 0 saturated carbocycles. The Balaban J connectivity index is 2.06. The predicted molar refractivity (Wildman–Crippen MR) is 87.1 cm³/mol. The number of rotatable bonds is 1. The van der Waals surface area contributed by atoms with E-state index in [1.54, 1.807) is 0 Å². The molecule has 0 bridgehead atoms. The van der Waals surface area contributed by atoms with Gasteiger partial charge in [0.2, 0.25) is 0 Å². The molecule has 1 aromatic rings. The van der Waals surface area contributed by atoms with Gasteiger partial charge in [-0.2, -0.15) is 0 Å². The topological polar surface area (TPSA) is 32.5 Å². The third-order valence-electron chi connectivity index (χ3n) is 3.54. The van der Waals surface area contributed by atoms with Gasteiger partial charge in [0.1, 0.15) is 0 Å². The molecule has 100 valence electrons. The summed E-state index contributed by atoms with van der Waals surface area (Å²) in [6, 6.07) is 6.18. The largest absolute Gasteiger partial charge is 0.399 e. The van der Waals surface area contributed by atoms with Crippen molar-refractivity contribution in [1.82, 2.24) is 4.90 Å². The first-order valence-electron chi connectivity index (χ1n) is 6.43. The van der Waals surface area contributed by atoms with E-state index in [0.717, 1.165) is 31.9 Å². The van der Waals surface area contributed by atoms with E-state index in [0.29, 0.717) is 0 Å². The summed E-state index contributed by atoms with van der Waals surface area (Å²) >= 11 is 2.37. The standard InChI is InChI=1S/C14H22IN3/c1-14(2,3)18-8-6-17(7-9-18)13-5-4-11(16)10-12(13)15/h4-5,10H,6-9,16H2,1-3H3. The second-order valence-corrected chi connectivity index (χ2v) is 7.02. The molecule has 2 N–H and O–H groups in total. The molecule has 1 aliphatic rings. The minimum Gasteiger partial charge on any atom is -0.399 e. The molecule has 1 saturated heterocycles. The van der Waals surface area contributed by atoms with Crippen LogP contribution in [0.4, 0.5) is 11.4 Å². The summed E-state index contributed by atoms with van der Waals surface area (Å²) in [5.41, 5.74) is 8.24. The molecule has 1 aliphatic heterocycles. The first kappa shape index (κ1) is 13.9. The number of piperazine rings is 1. The van der Waals surface area contributed by atoms with Crippen molar-refractivity contribution in [2.45, 2.75) is 26.3 Å². The molecule has 0 atom stereocenters. The van der Waals surface area contributed by atoms with Crippen LogP contribution in [0.25, 0.3) is 0 Å². The van der Waals surface area contributed by atoms with E-state index in [2.05, 4.69) is 59.2 Å². The monoisotopic (exact) mass is 359 g/mol. The zero-order valence-electron chi connectivity index (χ0n) is 11.4. The third kappa shape index (κ3) is 3.09. The van der Waals surface area contributed by atoms with Crippen LogP contribution in [0, 0.1) is 3.57 Å². The van der Waals surface area contributed by atoms with Gasteiger partial charge in [-0.25, -0.2) is 0 Å². The van der Waals surface area contributed by atoms with Crippen LogP contribution in [0.2, 0.25) is 0 Å². The molecule has 4 heteroatoms. The molecule has 1 aromatic carbocycles. The van der Waals surface area contributed by atoms with Crippen LogP contribution in [0.3, 0.4) is 0 Å². The van der Waals surface area contributed by atoms with Crippen molar-refractivity contribution in [3.8, 4) is 0 Å². The van der Waals surface area contributed by atoms with Gasteiger partial charge in [-0.15, -0.1) is 0 Å². The molecule has 0 aliphatic carbocycles. The Kier molecular flexibility index (Phi) is 4.06. The van der Waals surface area contributed by atoms with E-state index < -0.39 is 0 Å². The second kappa shape index (κ2) is 5.25. The number of hydrogen-bond acceptors (Lipinski definition) is 3. The summed E-state index contributed by atoms with van der Waals surface area (Å²) < 4.78 is 1.25. The van der Waals surface area contributed by atoms with Crippen LogP contribution in [-0.4, -0.2) is 36.6 Å². The smallest absolute Gasteiger partial charge is 0.0504 e. The van der Waals surface area contributed by atoms with Gasteiger partial charge in [0.05, 0.1) is 5.69 Å². The molecule has 0 aromatic heterocycles. The van der Waals surface area contributed by atoms with Crippen LogP contribution >= 0.6 is 22.6 Å². The molecule has 0 radical (unpaired) electrons. The van der Waals surface area contributed by atoms with Gasteiger partial charge in [-0.05, 0) is 61.6 Å². The van der Waals surface area contributed by atoms with Gasteiger partial charge in [-0.3, -0.25) is 4.90 Å². The van der Waals surface area contributed by atoms with Crippen LogP contribution in [-0.2, 0) is 0 Å². The van der Waals surface area contributed by atoms with Gasteiger partial charge in [-0.1, -0.05) is 0 Å². The second-order valence-electron chi connectivity index (χ2n) is 5.86. The zero-order chi connectivity index (χ0) is 13.3. The van der Waals surface area contributed by atoms with Gasteiger partial charge in [0, 0.05) is 41.0 Å². The number of halogens is 1. The summed E-state index contributed by atoms with van der Waals surface area (Å²) in [5, 5.41) is 0. The number of nitrogens with zero attached hydrogens (tertiary/aromatic N) is 2. The Morgan fingerprint density at radius 2 is 1.72 bits per heavy atom. The summed E-state index contributed by atoms with van der Waals surface area (Å²) in [6.07, 6.45) is 0. The van der Waals surface area contributed by atoms with Crippen molar-refractivity contribution >= 4 is 34.0 Å². The van der Waals surface area contributed by atoms with Crippen LogP contribution in [0.15, 0.2) is 18.2 Å². The lowest BCUT2D eigenvalue weighted by Gasteiger charge is -2.43. The van der Waals surface area contributed by atoms with Crippen LogP contribution in [0.5, 0.6) is 0 Å². The lowest BCUT2D eigenvalue weighted by Crippen LogP contribution is -2.53. The van der Waals surface area contributed by atoms with Crippen molar-refractivity contribution < 1.29 is 0 Å². The van der Waals surface area contributed by atoms with Gasteiger partial charge >= 0.3 is 0 Å². The van der Waals surface area contributed by atoms with Crippen LogP contribution < -0.4 is 10.6 Å². The van der Waals surface area contributed by atoms with Crippen molar-refractivity contribution in [3.05, 3.63) is 21.8 Å². The molecular weight excluding hydrogens is 337 g/mol. The number of anilines is 2. The number of benzene rings is 1. The molecule has 2 rings (SSSR count). The van der Waals surface area contributed by atoms with E-state index in [9.17, 15) is 0 Å². The maximum atomic E-state index is 5.80. The van der Waals surface area contributed by atoms with E-state index >= 15 is 0 Å². The molecule has 0 spiro atoms. The summed E-state index contributed by atoms with van der Waals surface area (Å²) in [5.74, 6) is 0. The van der Waals surface area contributed by atoms with Gasteiger partial charge in [0.25, 0.3) is 0 Å². The predicted octanol–water partition coefficient (Wildman–Crippen LogP) is 2.79. The molecule has 3 nitrogen and oxygen atoms in total. The summed E-state index contributed by atoms with van der Waals surface area (Å²) in [6.45, 7) is 11.3. The van der Waals surface area contributed by atoms with E-state index in [4.69, 9.17) is 5.73 Å². The van der Waals surface area contributed by atoms with Crippen molar-refractivity contribution in [2.75, 3.05) is 36.8 Å². The van der Waals surface area contributed by atoms with Crippen LogP contribution in [0.1, 0.15) is 20.8 Å². The molecule has 18 heavy (non-hydrogen) atoms. The maximum Gasteiger partial charge on any atom is 0.0504 e. The number of nitrogens with two attached hydrogens (primary N) is 1. The lowest BCUT2D eigenvalue weighted by molar-refractivity contribution is 0.128. The summed E-state index contributed by atoms with van der Waals surface area (Å²) in [4.78, 5) is 5.01. The van der Waals surface area contributed by atoms with Crippen molar-refractivity contribution in [1.29, 1.82) is 0 Å². The number of hydrogen-bond donors (Lipinski definition) is 1. The molecule has 1 fully saturated rings. The van der Waals surface area contributed by atoms with Crippen molar-refractivity contribution in [3.63, 3.8) is 0 Å². The lowest BCUT2D eigenvalue weighted by atomic mass is 10.0. The zero-order valence-corrected chi connectivity index (χ0v) is 13.6. The fraction of sp³-hybridized carbons (Fsp3) is 0.571.